The highest BCUT2D eigenvalue weighted by molar-refractivity contribution is 7.15. The number of rotatable bonds is 6. The third-order valence-electron chi connectivity index (χ3n) is 6.99. The number of para-hydroxylation sites is 1. The first kappa shape index (κ1) is 26.7. The highest BCUT2D eigenvalue weighted by Gasteiger charge is 2.17. The molecule has 7 nitrogen and oxygen atoms in total. The molecule has 0 radical (unpaired) electrons. The first-order valence-corrected chi connectivity index (χ1v) is 14.4. The Labute approximate surface area is 242 Å². The molecule has 0 unspecified atom stereocenters. The Bertz CT molecular complexity index is 1960. The van der Waals surface area contributed by atoms with Crippen LogP contribution in [0, 0.1) is 6.92 Å². The number of aryl methyl sites for hydroxylation is 1. The van der Waals surface area contributed by atoms with Crippen LogP contribution in [0.4, 0.5) is 0 Å². The van der Waals surface area contributed by atoms with Crippen LogP contribution in [0.25, 0.3) is 39.4 Å². The van der Waals surface area contributed by atoms with Gasteiger partial charge in [0.1, 0.15) is 11.4 Å². The van der Waals surface area contributed by atoms with Crippen molar-refractivity contribution in [1.82, 2.24) is 24.4 Å². The number of aromatic nitrogens is 5. The van der Waals surface area contributed by atoms with Gasteiger partial charge in [-0.3, -0.25) is 4.79 Å². The van der Waals surface area contributed by atoms with Crippen LogP contribution in [0.1, 0.15) is 44.4 Å². The third-order valence-corrected chi connectivity index (χ3v) is 7.95. The summed E-state index contributed by atoms with van der Waals surface area (Å²) in [7, 11) is 0. The minimum Gasteiger partial charge on any atom is -0.494 e. The predicted molar refractivity (Wildman–Crippen MR) is 165 cm³/mol. The number of hydrogen-bond acceptors (Lipinski definition) is 6. The van der Waals surface area contributed by atoms with Crippen molar-refractivity contribution < 1.29 is 4.74 Å². The molecule has 41 heavy (non-hydrogen) atoms. The van der Waals surface area contributed by atoms with Crippen molar-refractivity contribution in [3.8, 4) is 34.1 Å². The molecular weight excluding hydrogens is 530 g/mol. The minimum atomic E-state index is -0.198. The van der Waals surface area contributed by atoms with Crippen molar-refractivity contribution in [1.29, 1.82) is 0 Å². The summed E-state index contributed by atoms with van der Waals surface area (Å²) >= 11 is 1.33. The van der Waals surface area contributed by atoms with Gasteiger partial charge in [0.2, 0.25) is 4.96 Å². The van der Waals surface area contributed by atoms with Crippen molar-refractivity contribution in [3.63, 3.8) is 0 Å². The molecule has 0 amide bonds. The number of ether oxygens (including phenoxy) is 1. The van der Waals surface area contributed by atoms with Gasteiger partial charge in [-0.15, -0.1) is 5.10 Å². The lowest BCUT2D eigenvalue weighted by Crippen LogP contribution is -2.23. The zero-order chi connectivity index (χ0) is 28.7. The van der Waals surface area contributed by atoms with E-state index >= 15 is 0 Å². The standard InChI is InChI=1S/C33H31N5O2S/c1-6-40-27-17-14-23(18-21(27)2)29-24(20-37(35-29)26-10-8-7-9-11-26)19-28-31(39)38-32(41-28)34-30(36-38)22-12-15-25(16-13-22)33(3,4)5/h7-20H,6H2,1-5H3. The van der Waals surface area contributed by atoms with Crippen LogP contribution in [-0.2, 0) is 5.41 Å². The summed E-state index contributed by atoms with van der Waals surface area (Å²) in [5.41, 5.74) is 6.49. The molecule has 0 saturated carbocycles. The largest absolute Gasteiger partial charge is 0.494 e. The summed E-state index contributed by atoms with van der Waals surface area (Å²) in [6.07, 6.45) is 3.84. The lowest BCUT2D eigenvalue weighted by Gasteiger charge is -2.18. The van der Waals surface area contributed by atoms with E-state index < -0.39 is 0 Å². The molecule has 0 saturated heterocycles. The molecule has 0 spiro atoms. The maximum absolute atomic E-state index is 13.5. The van der Waals surface area contributed by atoms with Crippen molar-refractivity contribution in [2.45, 2.75) is 40.0 Å². The van der Waals surface area contributed by atoms with Gasteiger partial charge in [0.05, 0.1) is 16.8 Å². The van der Waals surface area contributed by atoms with E-state index in [1.807, 2.05) is 85.4 Å². The molecule has 6 aromatic rings. The fourth-order valence-electron chi connectivity index (χ4n) is 4.76. The smallest absolute Gasteiger partial charge is 0.291 e. The minimum absolute atomic E-state index is 0.0601. The first-order valence-electron chi connectivity index (χ1n) is 13.6. The van der Waals surface area contributed by atoms with Gasteiger partial charge in [-0.05, 0) is 66.8 Å². The summed E-state index contributed by atoms with van der Waals surface area (Å²) in [6, 6.07) is 24.2. The van der Waals surface area contributed by atoms with E-state index in [0.29, 0.717) is 21.9 Å². The van der Waals surface area contributed by atoms with Crippen molar-refractivity contribution in [2.75, 3.05) is 6.61 Å². The van der Waals surface area contributed by atoms with E-state index in [1.165, 1.54) is 21.4 Å². The Morgan fingerprint density at radius 1 is 0.951 bits per heavy atom. The molecule has 3 aromatic heterocycles. The first-order chi connectivity index (χ1) is 19.7. The fourth-order valence-corrected chi connectivity index (χ4v) is 5.66. The molecule has 0 atom stereocenters. The molecule has 0 aliphatic carbocycles. The Balaban J connectivity index is 1.43. The maximum atomic E-state index is 13.5. The molecule has 3 aromatic carbocycles. The van der Waals surface area contributed by atoms with Crippen LogP contribution in [0.2, 0.25) is 0 Å². The number of hydrogen-bond donors (Lipinski definition) is 0. The number of fused-ring (bicyclic) bond motifs is 1. The molecule has 206 valence electrons. The van der Waals surface area contributed by atoms with E-state index in [-0.39, 0.29) is 11.0 Å². The molecule has 0 N–H and O–H groups in total. The third kappa shape index (κ3) is 5.18. The van der Waals surface area contributed by atoms with Crippen LogP contribution in [0.3, 0.4) is 0 Å². The van der Waals surface area contributed by atoms with Crippen LogP contribution < -0.4 is 14.8 Å². The number of thiazole rings is 1. The lowest BCUT2D eigenvalue weighted by molar-refractivity contribution is 0.338. The second-order valence-electron chi connectivity index (χ2n) is 11.0. The predicted octanol–water partition coefficient (Wildman–Crippen LogP) is 6.22. The van der Waals surface area contributed by atoms with Gasteiger partial charge in [0.15, 0.2) is 5.82 Å². The van der Waals surface area contributed by atoms with Gasteiger partial charge in [-0.1, -0.05) is 74.6 Å². The summed E-state index contributed by atoms with van der Waals surface area (Å²) < 4.78 is 9.52. The molecule has 8 heteroatoms. The summed E-state index contributed by atoms with van der Waals surface area (Å²) in [4.78, 5) is 18.7. The highest BCUT2D eigenvalue weighted by atomic mass is 32.1. The molecule has 0 fully saturated rings. The maximum Gasteiger partial charge on any atom is 0.291 e. The van der Waals surface area contributed by atoms with Crippen molar-refractivity contribution >= 4 is 22.4 Å². The van der Waals surface area contributed by atoms with Crippen LogP contribution in [0.15, 0.2) is 83.8 Å². The van der Waals surface area contributed by atoms with E-state index in [9.17, 15) is 4.79 Å². The van der Waals surface area contributed by atoms with Crippen molar-refractivity contribution in [3.05, 3.63) is 111 Å². The topological polar surface area (TPSA) is 74.3 Å². The van der Waals surface area contributed by atoms with Gasteiger partial charge >= 0.3 is 0 Å². The van der Waals surface area contributed by atoms with Crippen molar-refractivity contribution in [2.24, 2.45) is 0 Å². The fraction of sp³-hybridized carbons (Fsp3) is 0.212. The highest BCUT2D eigenvalue weighted by Crippen LogP contribution is 2.29. The average Bonchev–Trinajstić information content (AvgIpc) is 3.65. The Morgan fingerprint density at radius 3 is 2.34 bits per heavy atom. The molecule has 3 heterocycles. The summed E-state index contributed by atoms with van der Waals surface area (Å²) in [5.74, 6) is 1.39. The Kier molecular flexibility index (Phi) is 6.79. The Hall–Kier alpha value is -4.56. The normalized spacial score (nSPS) is 12.4. The zero-order valence-corrected chi connectivity index (χ0v) is 24.6. The zero-order valence-electron chi connectivity index (χ0n) is 23.8. The van der Waals surface area contributed by atoms with Gasteiger partial charge in [0.25, 0.3) is 5.56 Å². The molecular formula is C33H31N5O2S. The SMILES string of the molecule is CCOc1ccc(-c2nn(-c3ccccc3)cc2C=c2sc3nc(-c4ccc(C(C)(C)C)cc4)nn3c2=O)cc1C. The molecule has 6 rings (SSSR count). The van der Waals surface area contributed by atoms with E-state index in [4.69, 9.17) is 9.84 Å². The summed E-state index contributed by atoms with van der Waals surface area (Å²) in [6.45, 7) is 11.1. The second-order valence-corrected chi connectivity index (χ2v) is 12.0. The van der Waals surface area contributed by atoms with Gasteiger partial charge in [-0.25, -0.2) is 4.68 Å². The van der Waals surface area contributed by atoms with Gasteiger partial charge < -0.3 is 4.74 Å². The Morgan fingerprint density at radius 2 is 1.68 bits per heavy atom. The second kappa shape index (κ2) is 10.4. The lowest BCUT2D eigenvalue weighted by atomic mass is 9.87. The van der Waals surface area contributed by atoms with Gasteiger partial charge in [-0.2, -0.15) is 14.6 Å². The van der Waals surface area contributed by atoms with Crippen LogP contribution in [0.5, 0.6) is 5.75 Å². The molecule has 0 aliphatic rings. The average molecular weight is 562 g/mol. The number of nitrogens with zero attached hydrogens (tertiary/aromatic N) is 5. The van der Waals surface area contributed by atoms with E-state index in [2.05, 4.69) is 49.1 Å². The molecule has 0 aliphatic heterocycles. The summed E-state index contributed by atoms with van der Waals surface area (Å²) in [5, 5.41) is 9.48. The van der Waals surface area contributed by atoms with E-state index in [0.717, 1.165) is 39.4 Å². The van der Waals surface area contributed by atoms with Gasteiger partial charge in [0, 0.05) is 22.9 Å². The number of benzene rings is 3. The monoisotopic (exact) mass is 561 g/mol. The van der Waals surface area contributed by atoms with Crippen LogP contribution >= 0.6 is 11.3 Å². The van der Waals surface area contributed by atoms with Crippen LogP contribution in [-0.4, -0.2) is 31.0 Å². The quantitative estimate of drug-likeness (QED) is 0.241. The van der Waals surface area contributed by atoms with E-state index in [1.54, 1.807) is 0 Å². The molecule has 0 bridgehead atoms.